The second-order valence-electron chi connectivity index (χ2n) is 5.92. The number of pyridine rings is 1. The highest BCUT2D eigenvalue weighted by atomic mass is 16.5. The minimum absolute atomic E-state index is 0.00658. The monoisotopic (exact) mass is 274 g/mol. The van der Waals surface area contributed by atoms with Gasteiger partial charge in [-0.25, -0.2) is 4.98 Å². The van der Waals surface area contributed by atoms with E-state index in [-0.39, 0.29) is 24.0 Å². The summed E-state index contributed by atoms with van der Waals surface area (Å²) in [5, 5.41) is 0. The third-order valence-electron chi connectivity index (χ3n) is 4.48. The van der Waals surface area contributed by atoms with Crippen molar-refractivity contribution in [2.45, 2.75) is 44.5 Å². The van der Waals surface area contributed by atoms with Crippen LogP contribution in [0.15, 0.2) is 18.3 Å². The van der Waals surface area contributed by atoms with Crippen LogP contribution < -0.4 is 9.64 Å². The number of carbonyl (C=O) groups excluding carboxylic acids is 1. The summed E-state index contributed by atoms with van der Waals surface area (Å²) in [6.07, 6.45) is 5.06. The summed E-state index contributed by atoms with van der Waals surface area (Å²) >= 11 is 0. The van der Waals surface area contributed by atoms with Gasteiger partial charge in [0, 0.05) is 6.20 Å². The third kappa shape index (κ3) is 1.80. The highest BCUT2D eigenvalue weighted by Crippen LogP contribution is 2.41. The van der Waals surface area contributed by atoms with Crippen LogP contribution in [0.3, 0.4) is 0 Å². The van der Waals surface area contributed by atoms with Gasteiger partial charge < -0.3 is 14.4 Å². The van der Waals surface area contributed by atoms with E-state index < -0.39 is 0 Å². The predicted octanol–water partition coefficient (Wildman–Crippen LogP) is 1.76. The lowest BCUT2D eigenvalue weighted by Crippen LogP contribution is -2.47. The molecule has 2 saturated heterocycles. The fraction of sp³-hybridized carbons (Fsp3) is 0.600. The fourth-order valence-corrected chi connectivity index (χ4v) is 3.57. The molecule has 3 aliphatic rings. The smallest absolute Gasteiger partial charge is 0.238 e. The van der Waals surface area contributed by atoms with Gasteiger partial charge >= 0.3 is 0 Å². The van der Waals surface area contributed by atoms with Crippen LogP contribution in [0, 0.1) is 5.92 Å². The summed E-state index contributed by atoms with van der Waals surface area (Å²) in [4.78, 5) is 18.9. The SMILES string of the molecule is CC1CN(C(=O)[C@@H]2C[C@H]3CC[C@@H]2O3)c2cccnc2O1. The first-order chi connectivity index (χ1) is 9.72. The summed E-state index contributed by atoms with van der Waals surface area (Å²) in [6.45, 7) is 2.56. The van der Waals surface area contributed by atoms with Crippen molar-refractivity contribution in [2.75, 3.05) is 11.4 Å². The van der Waals surface area contributed by atoms with E-state index in [1.807, 2.05) is 24.0 Å². The van der Waals surface area contributed by atoms with Gasteiger partial charge in [0.25, 0.3) is 0 Å². The molecule has 20 heavy (non-hydrogen) atoms. The molecule has 2 bridgehead atoms. The van der Waals surface area contributed by atoms with E-state index in [0.717, 1.165) is 24.9 Å². The molecule has 1 amide bonds. The normalized spacial score (nSPS) is 34.8. The highest BCUT2D eigenvalue weighted by molar-refractivity contribution is 5.97. The summed E-state index contributed by atoms with van der Waals surface area (Å²) in [5.41, 5.74) is 0.790. The Morgan fingerprint density at radius 1 is 1.45 bits per heavy atom. The van der Waals surface area contributed by atoms with Gasteiger partial charge in [-0.2, -0.15) is 0 Å². The van der Waals surface area contributed by atoms with E-state index in [2.05, 4.69) is 4.98 Å². The largest absolute Gasteiger partial charge is 0.471 e. The Kier molecular flexibility index (Phi) is 2.70. The Balaban J connectivity index is 1.63. The third-order valence-corrected chi connectivity index (χ3v) is 4.48. The molecule has 1 aromatic rings. The number of carbonyl (C=O) groups is 1. The van der Waals surface area contributed by atoms with Crippen molar-refractivity contribution in [3.8, 4) is 5.88 Å². The maximum absolute atomic E-state index is 12.9. The number of ether oxygens (including phenoxy) is 2. The zero-order valence-electron chi connectivity index (χ0n) is 11.5. The minimum Gasteiger partial charge on any atom is -0.471 e. The first kappa shape index (κ1) is 12.1. The molecule has 1 unspecified atom stereocenters. The van der Waals surface area contributed by atoms with Gasteiger partial charge in [-0.3, -0.25) is 4.79 Å². The molecule has 3 aliphatic heterocycles. The van der Waals surface area contributed by atoms with E-state index in [9.17, 15) is 4.79 Å². The van der Waals surface area contributed by atoms with Crippen LogP contribution in [0.2, 0.25) is 0 Å². The van der Waals surface area contributed by atoms with Gasteiger partial charge in [-0.05, 0) is 38.3 Å². The molecule has 5 nitrogen and oxygen atoms in total. The van der Waals surface area contributed by atoms with Gasteiger partial charge in [0.05, 0.1) is 24.7 Å². The van der Waals surface area contributed by atoms with Crippen LogP contribution in [0.5, 0.6) is 5.88 Å². The Bertz CT molecular complexity index is 548. The van der Waals surface area contributed by atoms with E-state index in [1.54, 1.807) is 6.20 Å². The lowest BCUT2D eigenvalue weighted by Gasteiger charge is -2.34. The number of nitrogens with zero attached hydrogens (tertiary/aromatic N) is 2. The number of hydrogen-bond acceptors (Lipinski definition) is 4. The molecule has 106 valence electrons. The number of hydrogen-bond donors (Lipinski definition) is 0. The first-order valence-corrected chi connectivity index (χ1v) is 7.31. The quantitative estimate of drug-likeness (QED) is 0.783. The van der Waals surface area contributed by atoms with Crippen LogP contribution >= 0.6 is 0 Å². The lowest BCUT2D eigenvalue weighted by atomic mass is 9.88. The van der Waals surface area contributed by atoms with Gasteiger partial charge in [0.2, 0.25) is 11.8 Å². The maximum Gasteiger partial charge on any atom is 0.238 e. The summed E-state index contributed by atoms with van der Waals surface area (Å²) in [5.74, 6) is 0.734. The molecular formula is C15H18N2O3. The average molecular weight is 274 g/mol. The van der Waals surface area contributed by atoms with E-state index >= 15 is 0 Å². The van der Waals surface area contributed by atoms with Crippen molar-refractivity contribution in [1.82, 2.24) is 4.98 Å². The standard InChI is InChI=1S/C15H18N2O3/c1-9-8-17(12-3-2-6-16-14(12)19-9)15(18)11-7-10-4-5-13(11)20-10/h2-3,6,9-11,13H,4-5,7-8H2,1H3/t9?,10-,11-,13+/m1/s1. The van der Waals surface area contributed by atoms with Crippen molar-refractivity contribution in [3.05, 3.63) is 18.3 Å². The molecule has 0 aliphatic carbocycles. The Hall–Kier alpha value is -1.62. The molecule has 2 fully saturated rings. The average Bonchev–Trinajstić information content (AvgIpc) is 3.08. The predicted molar refractivity (Wildman–Crippen MR) is 72.7 cm³/mol. The van der Waals surface area contributed by atoms with Crippen molar-refractivity contribution in [2.24, 2.45) is 5.92 Å². The van der Waals surface area contributed by atoms with Crippen LogP contribution in [0.25, 0.3) is 0 Å². The minimum atomic E-state index is -0.0270. The molecule has 0 spiro atoms. The van der Waals surface area contributed by atoms with Gasteiger partial charge in [-0.1, -0.05) is 0 Å². The first-order valence-electron chi connectivity index (χ1n) is 7.31. The summed E-state index contributed by atoms with van der Waals surface area (Å²) < 4.78 is 11.5. The van der Waals surface area contributed by atoms with Crippen LogP contribution in [0.1, 0.15) is 26.2 Å². The summed E-state index contributed by atoms with van der Waals surface area (Å²) in [7, 11) is 0. The second-order valence-corrected chi connectivity index (χ2v) is 5.92. The van der Waals surface area contributed by atoms with E-state index in [1.165, 1.54) is 0 Å². The molecule has 0 radical (unpaired) electrons. The highest BCUT2D eigenvalue weighted by Gasteiger charge is 2.46. The second kappa shape index (κ2) is 4.45. The molecule has 5 heteroatoms. The van der Waals surface area contributed by atoms with Crippen molar-refractivity contribution in [3.63, 3.8) is 0 Å². The van der Waals surface area contributed by atoms with Gasteiger partial charge in [0.15, 0.2) is 0 Å². The Labute approximate surface area is 117 Å². The number of fused-ring (bicyclic) bond motifs is 3. The van der Waals surface area contributed by atoms with Gasteiger partial charge in [0.1, 0.15) is 11.8 Å². The van der Waals surface area contributed by atoms with Crippen LogP contribution in [-0.2, 0) is 9.53 Å². The van der Waals surface area contributed by atoms with Crippen LogP contribution in [0.4, 0.5) is 5.69 Å². The molecule has 0 saturated carbocycles. The van der Waals surface area contributed by atoms with Crippen molar-refractivity contribution in [1.29, 1.82) is 0 Å². The Morgan fingerprint density at radius 2 is 2.35 bits per heavy atom. The summed E-state index contributed by atoms with van der Waals surface area (Å²) in [6, 6.07) is 3.75. The van der Waals surface area contributed by atoms with E-state index in [0.29, 0.717) is 18.5 Å². The zero-order chi connectivity index (χ0) is 13.7. The molecule has 4 rings (SSSR count). The lowest BCUT2D eigenvalue weighted by molar-refractivity contribution is -0.124. The topological polar surface area (TPSA) is 51.7 Å². The maximum atomic E-state index is 12.9. The molecule has 1 aromatic heterocycles. The fourth-order valence-electron chi connectivity index (χ4n) is 3.57. The number of rotatable bonds is 1. The molecular weight excluding hydrogens is 256 g/mol. The molecule has 0 aromatic carbocycles. The van der Waals surface area contributed by atoms with Gasteiger partial charge in [-0.15, -0.1) is 0 Å². The number of aromatic nitrogens is 1. The van der Waals surface area contributed by atoms with Crippen LogP contribution in [-0.4, -0.2) is 35.7 Å². The number of amides is 1. The number of anilines is 1. The zero-order valence-corrected chi connectivity index (χ0v) is 11.5. The molecule has 4 heterocycles. The molecule has 4 atom stereocenters. The van der Waals surface area contributed by atoms with Crippen molar-refractivity contribution >= 4 is 11.6 Å². The Morgan fingerprint density at radius 3 is 3.10 bits per heavy atom. The van der Waals surface area contributed by atoms with E-state index in [4.69, 9.17) is 9.47 Å². The molecule has 0 N–H and O–H groups in total. The van der Waals surface area contributed by atoms with Crippen molar-refractivity contribution < 1.29 is 14.3 Å².